The summed E-state index contributed by atoms with van der Waals surface area (Å²) in [6.45, 7) is 4.27. The molecule has 0 aliphatic carbocycles. The molecule has 0 aromatic heterocycles. The van der Waals surface area contributed by atoms with Gasteiger partial charge in [-0.2, -0.15) is 4.31 Å². The minimum atomic E-state index is -3.75. The van der Waals surface area contributed by atoms with E-state index < -0.39 is 15.8 Å². The number of methoxy groups -OCH3 is 1. The van der Waals surface area contributed by atoms with Gasteiger partial charge >= 0.3 is 0 Å². The Morgan fingerprint density at radius 1 is 1.11 bits per heavy atom. The highest BCUT2D eigenvalue weighted by atomic mass is 35.5. The molecule has 2 heterocycles. The second-order valence-electron chi connectivity index (χ2n) is 6.72. The number of hydrogen-bond acceptors (Lipinski definition) is 5. The molecule has 0 amide bonds. The van der Waals surface area contributed by atoms with Crippen LogP contribution in [0, 0.1) is 5.82 Å². The summed E-state index contributed by atoms with van der Waals surface area (Å²) in [5.41, 5.74) is 3.17. The van der Waals surface area contributed by atoms with Crippen LogP contribution >= 0.6 is 12.4 Å². The number of benzene rings is 2. The molecule has 1 saturated heterocycles. The van der Waals surface area contributed by atoms with E-state index in [0.29, 0.717) is 13.1 Å². The lowest BCUT2D eigenvalue weighted by Crippen LogP contribution is -2.43. The van der Waals surface area contributed by atoms with E-state index in [9.17, 15) is 12.8 Å². The van der Waals surface area contributed by atoms with Gasteiger partial charge in [0.15, 0.2) is 11.6 Å². The van der Waals surface area contributed by atoms with Gasteiger partial charge in [0.05, 0.1) is 12.0 Å². The molecule has 0 saturated carbocycles. The normalized spacial score (nSPS) is 17.1. The predicted octanol–water partition coefficient (Wildman–Crippen LogP) is 2.37. The van der Waals surface area contributed by atoms with Crippen LogP contribution in [0.2, 0.25) is 0 Å². The number of nitrogens with one attached hydrogen (secondary N) is 1. The molecule has 4 rings (SSSR count). The lowest BCUT2D eigenvalue weighted by atomic mass is 10.1. The van der Waals surface area contributed by atoms with Crippen LogP contribution in [0.3, 0.4) is 0 Å². The van der Waals surface area contributed by atoms with E-state index in [1.165, 1.54) is 23.5 Å². The van der Waals surface area contributed by atoms with E-state index in [1.807, 2.05) is 12.1 Å². The average molecular weight is 428 g/mol. The topological polar surface area (TPSA) is 61.9 Å². The van der Waals surface area contributed by atoms with Crippen molar-refractivity contribution in [3.63, 3.8) is 0 Å². The molecular weight excluding hydrogens is 405 g/mol. The second-order valence-corrected chi connectivity index (χ2v) is 8.66. The summed E-state index contributed by atoms with van der Waals surface area (Å²) < 4.78 is 46.2. The van der Waals surface area contributed by atoms with Crippen LogP contribution in [0.4, 0.5) is 10.1 Å². The lowest BCUT2D eigenvalue weighted by Gasteiger charge is -2.31. The highest BCUT2D eigenvalue weighted by Crippen LogP contribution is 2.35. The first-order chi connectivity index (χ1) is 13.0. The van der Waals surface area contributed by atoms with Crippen molar-refractivity contribution in [1.29, 1.82) is 0 Å². The van der Waals surface area contributed by atoms with E-state index in [-0.39, 0.29) is 23.1 Å². The van der Waals surface area contributed by atoms with Crippen LogP contribution in [0.5, 0.6) is 5.75 Å². The van der Waals surface area contributed by atoms with Crippen LogP contribution in [0.1, 0.15) is 11.1 Å². The third-order valence-corrected chi connectivity index (χ3v) is 6.94. The van der Waals surface area contributed by atoms with Gasteiger partial charge in [-0.3, -0.25) is 0 Å². The van der Waals surface area contributed by atoms with E-state index in [0.717, 1.165) is 49.1 Å². The number of nitrogens with zero attached hydrogens (tertiary/aromatic N) is 2. The quantitative estimate of drug-likeness (QED) is 0.811. The number of fused-ring (bicyclic) bond motifs is 1. The molecule has 0 bridgehead atoms. The van der Waals surface area contributed by atoms with Crippen molar-refractivity contribution < 1.29 is 17.5 Å². The SMILES string of the molecule is COc1cc(S(=O)(=O)N2Cc3cccc(N4CCNCC4)c3C2)ccc1F.Cl. The van der Waals surface area contributed by atoms with E-state index in [4.69, 9.17) is 4.74 Å². The number of hydrogen-bond donors (Lipinski definition) is 1. The summed E-state index contributed by atoms with van der Waals surface area (Å²) in [5, 5.41) is 3.33. The fraction of sp³-hybridized carbons (Fsp3) is 0.368. The Labute approximate surface area is 170 Å². The van der Waals surface area contributed by atoms with E-state index in [1.54, 1.807) is 0 Å². The van der Waals surface area contributed by atoms with Crippen molar-refractivity contribution in [2.45, 2.75) is 18.0 Å². The van der Waals surface area contributed by atoms with Crippen molar-refractivity contribution in [3.05, 3.63) is 53.3 Å². The molecule has 2 aliphatic rings. The highest BCUT2D eigenvalue weighted by molar-refractivity contribution is 7.89. The predicted molar refractivity (Wildman–Crippen MR) is 108 cm³/mol. The maximum atomic E-state index is 13.7. The van der Waals surface area contributed by atoms with Crippen LogP contribution in [-0.4, -0.2) is 46.0 Å². The molecule has 28 heavy (non-hydrogen) atoms. The zero-order valence-electron chi connectivity index (χ0n) is 15.5. The Morgan fingerprint density at radius 2 is 1.86 bits per heavy atom. The molecular formula is C19H23ClFN3O3S. The zero-order valence-corrected chi connectivity index (χ0v) is 17.2. The number of piperazine rings is 1. The zero-order chi connectivity index (χ0) is 19.0. The molecule has 0 unspecified atom stereocenters. The fourth-order valence-corrected chi connectivity index (χ4v) is 5.10. The van der Waals surface area contributed by atoms with Crippen molar-refractivity contribution >= 4 is 28.1 Å². The Balaban J connectivity index is 0.00000225. The van der Waals surface area contributed by atoms with Gasteiger partial charge in [-0.25, -0.2) is 12.8 Å². The van der Waals surface area contributed by atoms with Crippen LogP contribution in [0.15, 0.2) is 41.3 Å². The Kier molecular flexibility index (Phi) is 6.14. The molecule has 2 aliphatic heterocycles. The molecule has 0 atom stereocenters. The smallest absolute Gasteiger partial charge is 0.243 e. The molecule has 6 nitrogen and oxygen atoms in total. The minimum Gasteiger partial charge on any atom is -0.494 e. The van der Waals surface area contributed by atoms with Crippen molar-refractivity contribution in [2.24, 2.45) is 0 Å². The van der Waals surface area contributed by atoms with Gasteiger partial charge in [0.25, 0.3) is 0 Å². The molecule has 1 fully saturated rings. The second kappa shape index (κ2) is 8.24. The maximum Gasteiger partial charge on any atom is 0.243 e. The van der Waals surface area contributed by atoms with E-state index in [2.05, 4.69) is 16.3 Å². The number of ether oxygens (including phenoxy) is 1. The fourth-order valence-electron chi connectivity index (χ4n) is 3.70. The van der Waals surface area contributed by atoms with Crippen LogP contribution in [0.25, 0.3) is 0 Å². The van der Waals surface area contributed by atoms with Crippen LogP contribution < -0.4 is 15.0 Å². The van der Waals surface area contributed by atoms with Crippen molar-refractivity contribution in [3.8, 4) is 5.75 Å². The largest absolute Gasteiger partial charge is 0.494 e. The van der Waals surface area contributed by atoms with Gasteiger partial charge in [-0.1, -0.05) is 12.1 Å². The first kappa shape index (κ1) is 20.9. The number of anilines is 1. The number of rotatable bonds is 4. The van der Waals surface area contributed by atoms with Gasteiger partial charge in [0.1, 0.15) is 0 Å². The molecule has 1 N–H and O–H groups in total. The number of sulfonamides is 1. The molecule has 0 spiro atoms. The van der Waals surface area contributed by atoms with Gasteiger partial charge in [-0.05, 0) is 29.3 Å². The summed E-state index contributed by atoms with van der Waals surface area (Å²) in [4.78, 5) is 2.34. The third kappa shape index (κ3) is 3.69. The average Bonchev–Trinajstić information content (AvgIpc) is 3.14. The van der Waals surface area contributed by atoms with Gasteiger partial charge in [-0.15, -0.1) is 12.4 Å². The molecule has 9 heteroatoms. The highest BCUT2D eigenvalue weighted by Gasteiger charge is 2.33. The van der Waals surface area contributed by atoms with Crippen molar-refractivity contribution in [1.82, 2.24) is 9.62 Å². The summed E-state index contributed by atoms with van der Waals surface area (Å²) in [6.07, 6.45) is 0. The standard InChI is InChI=1S/C19H22FN3O3S.ClH/c1-26-19-11-15(5-6-17(19)20)27(24,25)23-12-14-3-2-4-18(16(14)13-23)22-9-7-21-8-10-22;/h2-6,11,21H,7-10,12-13H2,1H3;1H. The first-order valence-corrected chi connectivity index (χ1v) is 10.3. The molecule has 0 radical (unpaired) electrons. The Bertz CT molecular complexity index is 965. The van der Waals surface area contributed by atoms with Gasteiger partial charge in [0, 0.05) is 51.0 Å². The molecule has 152 valence electrons. The summed E-state index contributed by atoms with van der Waals surface area (Å²) in [7, 11) is -2.43. The maximum absolute atomic E-state index is 13.7. The van der Waals surface area contributed by atoms with Gasteiger partial charge in [0.2, 0.25) is 10.0 Å². The summed E-state index contributed by atoms with van der Waals surface area (Å²) in [5.74, 6) is -0.656. The van der Waals surface area contributed by atoms with Gasteiger partial charge < -0.3 is 15.0 Å². The van der Waals surface area contributed by atoms with Crippen molar-refractivity contribution in [2.75, 3.05) is 38.2 Å². The summed E-state index contributed by atoms with van der Waals surface area (Å²) in [6, 6.07) is 9.66. The summed E-state index contributed by atoms with van der Waals surface area (Å²) >= 11 is 0. The van der Waals surface area contributed by atoms with Crippen LogP contribution in [-0.2, 0) is 23.1 Å². The van der Waals surface area contributed by atoms with E-state index >= 15 is 0 Å². The minimum absolute atomic E-state index is 0. The molecule has 2 aromatic rings. The molecule has 2 aromatic carbocycles. The Morgan fingerprint density at radius 3 is 2.57 bits per heavy atom. The Hall–Kier alpha value is -1.87. The lowest BCUT2D eigenvalue weighted by molar-refractivity contribution is 0.384. The number of halogens is 2. The monoisotopic (exact) mass is 427 g/mol. The third-order valence-electron chi connectivity index (χ3n) is 5.15. The first-order valence-electron chi connectivity index (χ1n) is 8.91.